The van der Waals surface area contributed by atoms with Gasteiger partial charge >= 0.3 is 0 Å². The fourth-order valence-electron chi connectivity index (χ4n) is 4.07. The molecule has 4 rings (SSSR count). The van der Waals surface area contributed by atoms with Crippen molar-refractivity contribution in [3.63, 3.8) is 0 Å². The standard InChI is InChI=1S/C23H30N4O2S/c1-23(2)15-25-22(26-16-23)24-14-18-8-6-7-17-13-19(11-12-21(17)18)27-30(28,29)20-9-4-3-5-10-20/h3-5,9-13,18,27H,6-8,14-16H2,1-2H3,(H2,24,25,26). The number of sulfonamides is 1. The summed E-state index contributed by atoms with van der Waals surface area (Å²) in [6.07, 6.45) is 3.19. The van der Waals surface area contributed by atoms with Crippen LogP contribution < -0.4 is 15.4 Å². The molecule has 0 aromatic heterocycles. The van der Waals surface area contributed by atoms with Crippen LogP contribution in [0.2, 0.25) is 0 Å². The molecule has 0 radical (unpaired) electrons. The Morgan fingerprint density at radius 1 is 1.17 bits per heavy atom. The quantitative estimate of drug-likeness (QED) is 0.684. The second-order valence-corrected chi connectivity index (χ2v) is 10.7. The van der Waals surface area contributed by atoms with Crippen LogP contribution in [0.5, 0.6) is 0 Å². The Labute approximate surface area is 179 Å². The molecule has 160 valence electrons. The van der Waals surface area contributed by atoms with Crippen molar-refractivity contribution in [3.05, 3.63) is 59.7 Å². The van der Waals surface area contributed by atoms with Crippen LogP contribution in [-0.4, -0.2) is 34.0 Å². The normalized spacial score (nSPS) is 20.5. The SMILES string of the molecule is CC1(C)CN=C(NCC2CCCc3cc(NS(=O)(=O)c4ccccc4)ccc32)NC1. The maximum Gasteiger partial charge on any atom is 0.261 e. The highest BCUT2D eigenvalue weighted by atomic mass is 32.2. The molecule has 3 N–H and O–H groups in total. The van der Waals surface area contributed by atoms with Gasteiger partial charge in [-0.1, -0.05) is 38.1 Å². The highest BCUT2D eigenvalue weighted by Gasteiger charge is 2.25. The van der Waals surface area contributed by atoms with Crippen LogP contribution in [0.3, 0.4) is 0 Å². The molecule has 2 aliphatic rings. The summed E-state index contributed by atoms with van der Waals surface area (Å²) in [4.78, 5) is 4.90. The molecule has 1 heterocycles. The van der Waals surface area contributed by atoms with Gasteiger partial charge in [0.25, 0.3) is 10.0 Å². The van der Waals surface area contributed by atoms with Gasteiger partial charge in [0.05, 0.1) is 4.90 Å². The molecule has 0 bridgehead atoms. The van der Waals surface area contributed by atoms with Crippen molar-refractivity contribution in [2.75, 3.05) is 24.4 Å². The van der Waals surface area contributed by atoms with Crippen molar-refractivity contribution in [2.24, 2.45) is 10.4 Å². The van der Waals surface area contributed by atoms with E-state index in [0.717, 1.165) is 44.9 Å². The van der Waals surface area contributed by atoms with E-state index in [9.17, 15) is 8.42 Å². The van der Waals surface area contributed by atoms with Crippen LogP contribution in [0, 0.1) is 5.41 Å². The summed E-state index contributed by atoms with van der Waals surface area (Å²) in [6, 6.07) is 14.4. The van der Waals surface area contributed by atoms with E-state index in [1.807, 2.05) is 12.1 Å². The van der Waals surface area contributed by atoms with Crippen molar-refractivity contribution in [1.82, 2.24) is 10.6 Å². The van der Waals surface area contributed by atoms with Crippen molar-refractivity contribution in [1.29, 1.82) is 0 Å². The maximum atomic E-state index is 12.6. The molecular weight excluding hydrogens is 396 g/mol. The zero-order valence-corrected chi connectivity index (χ0v) is 18.4. The second-order valence-electron chi connectivity index (χ2n) is 8.98. The third kappa shape index (κ3) is 4.78. The molecule has 0 spiro atoms. The Hall–Kier alpha value is -2.54. The zero-order valence-electron chi connectivity index (χ0n) is 17.6. The molecule has 1 aliphatic carbocycles. The van der Waals surface area contributed by atoms with Gasteiger partial charge in [0.2, 0.25) is 0 Å². The predicted octanol–water partition coefficient (Wildman–Crippen LogP) is 3.48. The van der Waals surface area contributed by atoms with E-state index in [1.54, 1.807) is 30.3 Å². The van der Waals surface area contributed by atoms with Gasteiger partial charge < -0.3 is 10.6 Å². The molecule has 0 saturated heterocycles. The summed E-state index contributed by atoms with van der Waals surface area (Å²) in [5.74, 6) is 1.28. The van der Waals surface area contributed by atoms with Crippen molar-refractivity contribution >= 4 is 21.7 Å². The molecule has 0 saturated carbocycles. The third-order valence-corrected chi connectivity index (χ3v) is 7.20. The van der Waals surface area contributed by atoms with Gasteiger partial charge in [-0.3, -0.25) is 9.71 Å². The Morgan fingerprint density at radius 3 is 2.70 bits per heavy atom. The lowest BCUT2D eigenvalue weighted by Crippen LogP contribution is -2.48. The minimum atomic E-state index is -3.57. The van der Waals surface area contributed by atoms with Crippen LogP contribution in [0.15, 0.2) is 58.4 Å². The van der Waals surface area contributed by atoms with Crippen molar-refractivity contribution in [3.8, 4) is 0 Å². The first kappa shape index (κ1) is 20.7. The van der Waals surface area contributed by atoms with Crippen LogP contribution in [0.25, 0.3) is 0 Å². The van der Waals surface area contributed by atoms with Gasteiger partial charge in [-0.05, 0) is 54.7 Å². The molecule has 0 amide bonds. The lowest BCUT2D eigenvalue weighted by Gasteiger charge is -2.31. The van der Waals surface area contributed by atoms with Gasteiger partial charge in [0.1, 0.15) is 0 Å². The number of nitrogens with one attached hydrogen (secondary N) is 3. The van der Waals surface area contributed by atoms with E-state index in [4.69, 9.17) is 0 Å². The second kappa shape index (κ2) is 8.30. The molecule has 2 aromatic carbocycles. The molecule has 1 aliphatic heterocycles. The number of aryl methyl sites for hydroxylation is 1. The fourth-order valence-corrected chi connectivity index (χ4v) is 5.14. The Morgan fingerprint density at radius 2 is 1.97 bits per heavy atom. The molecular formula is C23H30N4O2S. The van der Waals surface area contributed by atoms with Crippen LogP contribution in [0.4, 0.5) is 5.69 Å². The predicted molar refractivity (Wildman–Crippen MR) is 121 cm³/mol. The lowest BCUT2D eigenvalue weighted by atomic mass is 9.82. The molecule has 1 unspecified atom stereocenters. The minimum absolute atomic E-state index is 0.201. The van der Waals surface area contributed by atoms with Gasteiger partial charge in [0.15, 0.2) is 5.96 Å². The summed E-state index contributed by atoms with van der Waals surface area (Å²) in [5.41, 5.74) is 3.34. The minimum Gasteiger partial charge on any atom is -0.356 e. The van der Waals surface area contributed by atoms with E-state index in [2.05, 4.69) is 40.3 Å². The van der Waals surface area contributed by atoms with Crippen LogP contribution in [0.1, 0.15) is 43.7 Å². The van der Waals surface area contributed by atoms with E-state index < -0.39 is 10.0 Å². The van der Waals surface area contributed by atoms with Gasteiger partial charge in [0, 0.05) is 36.7 Å². The number of hydrogen-bond donors (Lipinski definition) is 3. The number of guanidine groups is 1. The number of aliphatic imine (C=N–C) groups is 1. The zero-order chi connectivity index (χ0) is 21.2. The average molecular weight is 427 g/mol. The number of benzene rings is 2. The largest absolute Gasteiger partial charge is 0.356 e. The Bertz CT molecular complexity index is 1030. The van der Waals surface area contributed by atoms with Gasteiger partial charge in [-0.2, -0.15) is 0 Å². The summed E-state index contributed by atoms with van der Waals surface area (Å²) in [7, 11) is -3.57. The van der Waals surface area contributed by atoms with Crippen LogP contribution in [-0.2, 0) is 16.4 Å². The Balaban J connectivity index is 1.44. The monoisotopic (exact) mass is 426 g/mol. The average Bonchev–Trinajstić information content (AvgIpc) is 2.73. The molecule has 1 atom stereocenters. The Kier molecular flexibility index (Phi) is 5.73. The van der Waals surface area contributed by atoms with E-state index in [1.165, 1.54) is 11.1 Å². The molecule has 30 heavy (non-hydrogen) atoms. The van der Waals surface area contributed by atoms with Gasteiger partial charge in [-0.15, -0.1) is 0 Å². The van der Waals surface area contributed by atoms with Crippen LogP contribution >= 0.6 is 0 Å². The third-order valence-electron chi connectivity index (χ3n) is 5.80. The first-order valence-corrected chi connectivity index (χ1v) is 12.0. The molecule has 0 fully saturated rings. The number of hydrogen-bond acceptors (Lipinski definition) is 5. The molecule has 6 nitrogen and oxygen atoms in total. The first-order valence-electron chi connectivity index (χ1n) is 10.6. The number of nitrogens with zero attached hydrogens (tertiary/aromatic N) is 1. The highest BCUT2D eigenvalue weighted by molar-refractivity contribution is 7.92. The maximum absolute atomic E-state index is 12.6. The summed E-state index contributed by atoms with van der Waals surface area (Å²) >= 11 is 0. The van der Waals surface area contributed by atoms with E-state index >= 15 is 0 Å². The highest BCUT2D eigenvalue weighted by Crippen LogP contribution is 2.33. The van der Waals surface area contributed by atoms with E-state index in [0.29, 0.717) is 11.6 Å². The van der Waals surface area contributed by atoms with E-state index in [-0.39, 0.29) is 10.3 Å². The lowest BCUT2D eigenvalue weighted by molar-refractivity contribution is 0.357. The van der Waals surface area contributed by atoms with Crippen molar-refractivity contribution in [2.45, 2.75) is 43.9 Å². The van der Waals surface area contributed by atoms with Gasteiger partial charge in [-0.25, -0.2) is 8.42 Å². The summed E-state index contributed by atoms with van der Waals surface area (Å²) in [5, 5.41) is 6.86. The fraction of sp³-hybridized carbons (Fsp3) is 0.435. The van der Waals surface area contributed by atoms with Crippen molar-refractivity contribution < 1.29 is 8.42 Å². The number of anilines is 1. The summed E-state index contributed by atoms with van der Waals surface area (Å²) < 4.78 is 28.0. The molecule has 2 aromatic rings. The number of fused-ring (bicyclic) bond motifs is 1. The summed E-state index contributed by atoms with van der Waals surface area (Å²) in [6.45, 7) is 7.00. The number of rotatable bonds is 5. The molecule has 7 heteroatoms. The topological polar surface area (TPSA) is 82.6 Å². The smallest absolute Gasteiger partial charge is 0.261 e. The first-order chi connectivity index (χ1) is 14.3.